The average Bonchev–Trinajstić information content (AvgIpc) is 3.18. The van der Waals surface area contributed by atoms with E-state index in [0.29, 0.717) is 25.8 Å². The first-order chi connectivity index (χ1) is 28.8. The van der Waals surface area contributed by atoms with Crippen molar-refractivity contribution in [2.75, 3.05) is 24.6 Å². The molecule has 2 atom stereocenters. The number of carbonyl (C=O) groups is 6. The molecule has 0 aliphatic heterocycles. The zero-order chi connectivity index (χ0) is 45.1. The summed E-state index contributed by atoms with van der Waals surface area (Å²) in [5.41, 5.74) is 20.1. The van der Waals surface area contributed by atoms with E-state index < -0.39 is 53.4 Å². The maximum Gasteiger partial charge on any atom is 0.408 e. The molecular formula is C41H55ClN10O9. The Morgan fingerprint density at radius 2 is 1.41 bits per heavy atom. The monoisotopic (exact) mass is 866 g/mol. The minimum atomic E-state index is -1.18. The number of hydrogen-bond donors (Lipinski definition) is 9. The number of amides is 4. The molecule has 0 radical (unpaired) electrons. The normalized spacial score (nSPS) is 12.4. The molecule has 0 spiro atoms. The van der Waals surface area contributed by atoms with Gasteiger partial charge < -0.3 is 48.1 Å². The Kier molecular flexibility index (Phi) is 19.2. The van der Waals surface area contributed by atoms with Gasteiger partial charge in [-0.05, 0) is 94.4 Å². The van der Waals surface area contributed by atoms with Crippen LogP contribution >= 0.6 is 11.6 Å². The minimum Gasteiger partial charge on any atom is -0.481 e. The topological polar surface area (TPSA) is 316 Å². The minimum absolute atomic E-state index is 0.0868. The Morgan fingerprint density at radius 3 is 2.00 bits per heavy atom. The lowest BCUT2D eigenvalue weighted by Gasteiger charge is -2.23. The van der Waals surface area contributed by atoms with Crippen molar-refractivity contribution in [2.45, 2.75) is 103 Å². The van der Waals surface area contributed by atoms with Gasteiger partial charge >= 0.3 is 18.0 Å². The van der Waals surface area contributed by atoms with Gasteiger partial charge in [0.15, 0.2) is 28.4 Å². The first kappa shape index (κ1) is 48.9. The molecule has 0 aliphatic rings. The maximum absolute atomic E-state index is 12.7. The lowest BCUT2D eigenvalue weighted by atomic mass is 9.99. The molecule has 1 heterocycles. The van der Waals surface area contributed by atoms with Gasteiger partial charge in [-0.1, -0.05) is 60.1 Å². The second-order valence-corrected chi connectivity index (χ2v) is 15.4. The number of halogens is 1. The molecule has 0 aliphatic carbocycles. The highest BCUT2D eigenvalue weighted by Crippen LogP contribution is 2.22. The number of carboxylic acids is 2. The van der Waals surface area contributed by atoms with Crippen LogP contribution in [-0.2, 0) is 36.8 Å². The molecule has 0 saturated heterocycles. The number of unbranched alkanes of at least 4 members (excludes halogenated alkanes) is 2. The van der Waals surface area contributed by atoms with E-state index >= 15 is 0 Å². The maximum atomic E-state index is 12.7. The molecule has 0 fully saturated rings. The van der Waals surface area contributed by atoms with Crippen molar-refractivity contribution in [3.8, 4) is 11.1 Å². The number of carbonyl (C=O) groups excluding carboxylic acids is 4. The fourth-order valence-corrected chi connectivity index (χ4v) is 5.90. The Hall–Kier alpha value is -6.50. The zero-order valence-electron chi connectivity index (χ0n) is 34.5. The second kappa shape index (κ2) is 23.9. The Labute approximate surface area is 358 Å². The summed E-state index contributed by atoms with van der Waals surface area (Å²) in [6.45, 7) is 5.50. The predicted molar refractivity (Wildman–Crippen MR) is 229 cm³/mol. The Balaban J connectivity index is 1.36. The molecule has 19 nitrogen and oxygen atoms in total. The number of aliphatic imine (C=N–C) groups is 1. The van der Waals surface area contributed by atoms with Gasteiger partial charge in [0.25, 0.3) is 5.91 Å². The summed E-state index contributed by atoms with van der Waals surface area (Å²) >= 11 is 5.83. The van der Waals surface area contributed by atoms with E-state index in [-0.39, 0.29) is 60.7 Å². The first-order valence-corrected chi connectivity index (χ1v) is 20.1. The van der Waals surface area contributed by atoms with Crippen LogP contribution in [0.4, 0.5) is 16.4 Å². The molecular weight excluding hydrogens is 812 g/mol. The highest BCUT2D eigenvalue weighted by molar-refractivity contribution is 6.31. The number of carboxylic acid groups (broad SMARTS) is 2. The number of nitrogen functional groups attached to an aromatic ring is 2. The van der Waals surface area contributed by atoms with E-state index in [4.69, 9.17) is 38.6 Å². The van der Waals surface area contributed by atoms with Crippen molar-refractivity contribution in [3.05, 3.63) is 70.5 Å². The van der Waals surface area contributed by atoms with Crippen molar-refractivity contribution in [1.29, 1.82) is 0 Å². The average molecular weight is 867 g/mol. The lowest BCUT2D eigenvalue weighted by molar-refractivity contribution is -0.142. The number of aromatic nitrogens is 2. The van der Waals surface area contributed by atoms with Crippen LogP contribution in [0.3, 0.4) is 0 Å². The molecule has 20 heteroatoms. The number of benzene rings is 2. The number of hydrogen-bond acceptors (Lipinski definition) is 12. The van der Waals surface area contributed by atoms with Gasteiger partial charge in [-0.2, -0.15) is 0 Å². The van der Waals surface area contributed by atoms with Gasteiger partial charge in [0.1, 0.15) is 17.7 Å². The van der Waals surface area contributed by atoms with Gasteiger partial charge in [0, 0.05) is 25.9 Å². The van der Waals surface area contributed by atoms with Gasteiger partial charge in [0.05, 0.1) is 0 Å². The van der Waals surface area contributed by atoms with Crippen molar-refractivity contribution in [2.24, 2.45) is 10.7 Å². The molecule has 0 unspecified atom stereocenters. The van der Waals surface area contributed by atoms with Crippen LogP contribution < -0.4 is 38.5 Å². The second-order valence-electron chi connectivity index (χ2n) is 15.1. The third kappa shape index (κ3) is 18.1. The number of anilines is 2. The van der Waals surface area contributed by atoms with Crippen LogP contribution in [0.1, 0.15) is 93.8 Å². The number of ether oxygens (including phenoxy) is 1. The summed E-state index contributed by atoms with van der Waals surface area (Å²) in [5, 5.41) is 28.6. The van der Waals surface area contributed by atoms with E-state index in [0.717, 1.165) is 41.5 Å². The summed E-state index contributed by atoms with van der Waals surface area (Å²) in [6, 6.07) is 13.7. The third-order valence-electron chi connectivity index (χ3n) is 8.91. The highest BCUT2D eigenvalue weighted by Gasteiger charge is 2.25. The summed E-state index contributed by atoms with van der Waals surface area (Å²) in [5.74, 6) is -4.36. The smallest absolute Gasteiger partial charge is 0.408 e. The van der Waals surface area contributed by atoms with E-state index in [1.807, 2.05) is 36.4 Å². The summed E-state index contributed by atoms with van der Waals surface area (Å²) in [7, 11) is 0. The van der Waals surface area contributed by atoms with Crippen LogP contribution in [-0.4, -0.2) is 92.7 Å². The summed E-state index contributed by atoms with van der Waals surface area (Å²) < 4.78 is 5.17. The van der Waals surface area contributed by atoms with Crippen molar-refractivity contribution >= 4 is 64.9 Å². The molecule has 0 bridgehead atoms. The summed E-state index contributed by atoms with van der Waals surface area (Å²) in [4.78, 5) is 84.6. The van der Waals surface area contributed by atoms with E-state index in [1.54, 1.807) is 20.8 Å². The molecule has 4 amide bonds. The summed E-state index contributed by atoms with van der Waals surface area (Å²) in [6.07, 6.45) is 2.40. The fraction of sp³-hybridized carbons (Fsp3) is 0.439. The van der Waals surface area contributed by atoms with Gasteiger partial charge in [-0.3, -0.25) is 29.5 Å². The largest absolute Gasteiger partial charge is 0.481 e. The molecule has 3 aromatic rings. The predicted octanol–water partition coefficient (Wildman–Crippen LogP) is 3.58. The molecule has 1 aromatic heterocycles. The van der Waals surface area contributed by atoms with E-state index in [1.165, 1.54) is 0 Å². The number of nitrogens with zero attached hydrogens (tertiary/aromatic N) is 3. The van der Waals surface area contributed by atoms with Crippen LogP contribution in [0, 0.1) is 0 Å². The third-order valence-corrected chi connectivity index (χ3v) is 9.18. The standard InChI is InChI=1S/C41H55ClN10O9/c1-41(2,3)61-40(60)49-28(19-21-31(54)55)36(56)46-22-7-5-9-29(38(58)59)48-30(53)20-14-25-12-17-27(18-13-25)26-15-10-24(11-16-26)8-4-6-23-47-39(45)52-37(57)32-34(43)51-35(44)33(42)50-32/h10-13,15-18,28-29H,4-9,14,19-23H2,1-3H3,(H,46,56)(H,48,53)(H,49,60)(H,54,55)(H,58,59)(H4,43,44,51)(H3,45,47,52,57)/t28-,29-/m0/s1. The lowest BCUT2D eigenvalue weighted by Crippen LogP contribution is -2.48. The number of aliphatic carboxylic acids is 2. The van der Waals surface area contributed by atoms with Crippen LogP contribution in [0.25, 0.3) is 11.1 Å². The zero-order valence-corrected chi connectivity index (χ0v) is 35.2. The van der Waals surface area contributed by atoms with Gasteiger partial charge in [-0.15, -0.1) is 0 Å². The molecule has 330 valence electrons. The molecule has 12 N–H and O–H groups in total. The number of alkyl carbamates (subject to hydrolysis) is 1. The molecule has 3 rings (SSSR count). The molecule has 61 heavy (non-hydrogen) atoms. The fourth-order valence-electron chi connectivity index (χ4n) is 5.77. The number of aryl methyl sites for hydroxylation is 2. The highest BCUT2D eigenvalue weighted by atomic mass is 35.5. The van der Waals surface area contributed by atoms with Crippen molar-refractivity contribution < 1.29 is 43.7 Å². The van der Waals surface area contributed by atoms with Crippen molar-refractivity contribution in [3.63, 3.8) is 0 Å². The number of nitrogens with two attached hydrogens (primary N) is 3. The first-order valence-electron chi connectivity index (χ1n) is 19.7. The number of nitrogens with one attached hydrogen (secondary N) is 4. The molecule has 0 saturated carbocycles. The Bertz CT molecular complexity index is 2020. The SMILES string of the molecule is CC(C)(C)OC(=O)N[C@@H](CCC(=O)O)C(=O)NCCCC[C@H](NC(=O)CCc1ccc(-c2ccc(CCCCN=C(N)NC(=O)c3nc(Cl)c(N)nc3N)cc2)cc1)C(=O)O. The van der Waals surface area contributed by atoms with Crippen LogP contribution in [0.2, 0.25) is 5.15 Å². The van der Waals surface area contributed by atoms with Gasteiger partial charge in [0.2, 0.25) is 11.8 Å². The van der Waals surface area contributed by atoms with Gasteiger partial charge in [-0.25, -0.2) is 19.6 Å². The van der Waals surface area contributed by atoms with E-state index in [2.05, 4.69) is 48.4 Å². The Morgan fingerprint density at radius 1 is 0.787 bits per heavy atom. The van der Waals surface area contributed by atoms with E-state index in [9.17, 15) is 33.9 Å². The van der Waals surface area contributed by atoms with Crippen molar-refractivity contribution in [1.82, 2.24) is 31.2 Å². The van der Waals surface area contributed by atoms with Crippen LogP contribution in [0.5, 0.6) is 0 Å². The van der Waals surface area contributed by atoms with Crippen LogP contribution in [0.15, 0.2) is 53.5 Å². The quantitative estimate of drug-likeness (QED) is 0.0396. The number of guanidine groups is 1. The number of rotatable bonds is 22. The molecule has 2 aromatic carbocycles.